The Morgan fingerprint density at radius 1 is 0.614 bits per heavy atom. The van der Waals surface area contributed by atoms with E-state index in [1.54, 1.807) is 6.92 Å². The molecule has 0 aromatic heterocycles. The summed E-state index contributed by atoms with van der Waals surface area (Å²) in [7, 11) is 0. The predicted octanol–water partition coefficient (Wildman–Crippen LogP) is -0.712. The van der Waals surface area contributed by atoms with E-state index < -0.39 is 177 Å². The molecule has 32 atom stereocenters. The third-order valence-corrected chi connectivity index (χ3v) is 22.8. The molecule has 0 aromatic rings. The van der Waals surface area contributed by atoms with Crippen molar-refractivity contribution in [2.75, 3.05) is 19.8 Å². The third kappa shape index (κ3) is 10.7. The second-order valence-electron chi connectivity index (χ2n) is 27.6. The highest BCUT2D eigenvalue weighted by Crippen LogP contribution is 2.75. The van der Waals surface area contributed by atoms with Crippen LogP contribution in [0.15, 0.2) is 23.8 Å². The van der Waals surface area contributed by atoms with Crippen molar-refractivity contribution < 1.29 is 119 Å². The standard InChI is InChI=1S/C59H94O24/c1-24-12-17-59(54(73)83-52-46(72)43(69)40(66)32(79-52)23-75-49-36(62)25(2)47(31(21-60)78-49)81-50-44(70)41(67)37(63)26(3)76-50)19-18-57(8)28(29(59)20-24)10-11-34-56(7)15-14-35(55(5,6)33(56)13-16-58(34,57)9)80-53-48(39(65)30(61)22-74-53)82-51-45(71)42(68)38(64)27(4)77-51/h10,25-27,29-53,60-72H,1,11-23H2,2-9H3/t25-,26+,27+,29+,30-,31-,32-,33-,34+,35+,36-,37+,38+,39+,40-,41-,42-,43+,44-,45-,46-,47+,48-,49-,50+,51+,52+,53+,56+,57-,58+,59+/m1/s1. The van der Waals surface area contributed by atoms with Crippen molar-refractivity contribution in [2.45, 2.75) is 267 Å². The first-order chi connectivity index (χ1) is 38.9. The fraction of sp³-hybridized carbons (Fsp3) is 0.915. The van der Waals surface area contributed by atoms with E-state index in [0.717, 1.165) is 31.3 Å². The Kier molecular flexibility index (Phi) is 18.4. The summed E-state index contributed by atoms with van der Waals surface area (Å²) in [5.41, 5.74) is 0.00316. The molecule has 0 unspecified atom stereocenters. The Balaban J connectivity index is 0.815. The molecule has 10 aliphatic rings. The van der Waals surface area contributed by atoms with Crippen LogP contribution in [0.2, 0.25) is 0 Å². The first-order valence-corrected chi connectivity index (χ1v) is 30.1. The maximum Gasteiger partial charge on any atom is 0.315 e. The monoisotopic (exact) mass is 1190 g/mol. The molecule has 83 heavy (non-hydrogen) atoms. The second kappa shape index (κ2) is 23.8. The van der Waals surface area contributed by atoms with Gasteiger partial charge in [-0.3, -0.25) is 4.79 Å². The van der Waals surface area contributed by atoms with Gasteiger partial charge in [-0.1, -0.05) is 65.3 Å². The molecule has 10 rings (SSSR count). The number of allylic oxidation sites excluding steroid dienone is 3. The lowest BCUT2D eigenvalue weighted by Crippen LogP contribution is -2.66. The molecule has 4 saturated carbocycles. The van der Waals surface area contributed by atoms with E-state index >= 15 is 4.79 Å². The van der Waals surface area contributed by atoms with Gasteiger partial charge in [0, 0.05) is 11.8 Å². The molecule has 13 N–H and O–H groups in total. The molecule has 24 heteroatoms. The molecule has 9 fully saturated rings. The largest absolute Gasteiger partial charge is 0.432 e. The van der Waals surface area contributed by atoms with E-state index in [4.69, 9.17) is 47.4 Å². The Bertz CT molecular complexity index is 2340. The van der Waals surface area contributed by atoms with Gasteiger partial charge in [-0.2, -0.15) is 0 Å². The summed E-state index contributed by atoms with van der Waals surface area (Å²) in [4.78, 5) is 15.1. The topological polar surface area (TPSA) is 372 Å². The molecule has 0 amide bonds. The Morgan fingerprint density at radius 2 is 1.22 bits per heavy atom. The summed E-state index contributed by atoms with van der Waals surface area (Å²) < 4.78 is 60.2. The molecule has 24 nitrogen and oxygen atoms in total. The van der Waals surface area contributed by atoms with Crippen LogP contribution in [0.1, 0.15) is 120 Å². The molecular formula is C59H94O24. The lowest BCUT2D eigenvalue weighted by atomic mass is 9.34. The smallest absolute Gasteiger partial charge is 0.315 e. The number of rotatable bonds is 12. The van der Waals surface area contributed by atoms with Gasteiger partial charge in [-0.05, 0) is 112 Å². The summed E-state index contributed by atoms with van der Waals surface area (Å²) in [6.07, 6.45) is -24.3. The van der Waals surface area contributed by atoms with E-state index in [-0.39, 0.29) is 46.7 Å². The van der Waals surface area contributed by atoms with Crippen molar-refractivity contribution in [3.8, 4) is 0 Å². The molecule has 474 valence electrons. The van der Waals surface area contributed by atoms with Crippen molar-refractivity contribution in [3.63, 3.8) is 0 Å². The first-order valence-electron chi connectivity index (χ1n) is 30.1. The SMILES string of the molecule is C=C1CC[C@]2(C(=O)O[C@@H]3O[C@H](CO[C@@H]4O[C@H](CO)[C@@H](O[C@@H]5O[C@@H](C)[C@H](O)[C@@H](O)[C@H]5O)[C@H](C)[C@H]4O)[C@@H](O)[C@H](O)[C@H]3O)CC[C@]3(C)C(=CC[C@H]4[C@@]5(C)CC[C@H](O[C@@H]6OC[C@@H](O)[C@H](O)[C@H]6O[C@@H]6O[C@@H](C)[C@H](O)[C@@H](O)[C@H]6O)C(C)(C)[C@H]5CC[C@@]43C)[C@@H]2C1. The quantitative estimate of drug-likeness (QED) is 0.0652. The number of hydrogen-bond acceptors (Lipinski definition) is 24. The number of hydrogen-bond donors (Lipinski definition) is 13. The van der Waals surface area contributed by atoms with E-state index in [0.29, 0.717) is 38.5 Å². The van der Waals surface area contributed by atoms with Gasteiger partial charge >= 0.3 is 5.97 Å². The van der Waals surface area contributed by atoms with Gasteiger partial charge in [-0.25, -0.2) is 0 Å². The minimum atomic E-state index is -1.85. The van der Waals surface area contributed by atoms with Gasteiger partial charge in [0.15, 0.2) is 25.2 Å². The zero-order chi connectivity index (χ0) is 60.4. The van der Waals surface area contributed by atoms with E-state index in [1.807, 2.05) is 0 Å². The fourth-order valence-electron chi connectivity index (χ4n) is 17.3. The van der Waals surface area contributed by atoms with Crippen molar-refractivity contribution >= 4 is 5.97 Å². The lowest BCUT2D eigenvalue weighted by Gasteiger charge is -2.71. The molecule has 5 aliphatic carbocycles. The molecule has 0 spiro atoms. The first kappa shape index (κ1) is 64.1. The fourth-order valence-corrected chi connectivity index (χ4v) is 17.3. The van der Waals surface area contributed by atoms with E-state index in [9.17, 15) is 66.4 Å². The average Bonchev–Trinajstić information content (AvgIpc) is 0.778. The van der Waals surface area contributed by atoms with Gasteiger partial charge in [0.25, 0.3) is 0 Å². The zero-order valence-corrected chi connectivity index (χ0v) is 48.9. The predicted molar refractivity (Wildman–Crippen MR) is 285 cm³/mol. The minimum Gasteiger partial charge on any atom is -0.432 e. The summed E-state index contributed by atoms with van der Waals surface area (Å²) in [6, 6.07) is 0. The summed E-state index contributed by atoms with van der Waals surface area (Å²) >= 11 is 0. The number of ether oxygens (including phenoxy) is 10. The Hall–Kier alpha value is -1.93. The van der Waals surface area contributed by atoms with Crippen molar-refractivity contribution in [2.24, 2.45) is 50.7 Å². The van der Waals surface area contributed by atoms with E-state index in [1.165, 1.54) is 19.4 Å². The molecule has 5 saturated heterocycles. The number of carbonyl (C=O) groups is 1. The van der Waals surface area contributed by atoms with Gasteiger partial charge < -0.3 is 114 Å². The lowest BCUT2D eigenvalue weighted by molar-refractivity contribution is -0.364. The van der Waals surface area contributed by atoms with E-state index in [2.05, 4.69) is 47.3 Å². The highest BCUT2D eigenvalue weighted by atomic mass is 16.8. The minimum absolute atomic E-state index is 0.168. The normalized spacial score (nSPS) is 54.5. The maximum absolute atomic E-state index is 15.1. The Labute approximate surface area is 484 Å². The Morgan fingerprint density at radius 3 is 1.86 bits per heavy atom. The number of esters is 1. The van der Waals surface area contributed by atoms with Crippen molar-refractivity contribution in [1.82, 2.24) is 0 Å². The molecule has 5 heterocycles. The highest BCUT2D eigenvalue weighted by Gasteiger charge is 2.70. The van der Waals surface area contributed by atoms with Crippen molar-refractivity contribution in [1.29, 1.82) is 0 Å². The molecule has 0 radical (unpaired) electrons. The number of aliphatic hydroxyl groups is 13. The van der Waals surface area contributed by atoms with Crippen LogP contribution in [-0.2, 0) is 52.2 Å². The van der Waals surface area contributed by atoms with Crippen LogP contribution in [0.4, 0.5) is 0 Å². The summed E-state index contributed by atoms with van der Waals surface area (Å²) in [6.45, 7) is 19.2. The van der Waals surface area contributed by atoms with Gasteiger partial charge in [0.1, 0.15) is 91.6 Å². The van der Waals surface area contributed by atoms with Gasteiger partial charge in [-0.15, -0.1) is 0 Å². The maximum atomic E-state index is 15.1. The molecule has 5 aliphatic heterocycles. The molecular weight excluding hydrogens is 1090 g/mol. The summed E-state index contributed by atoms with van der Waals surface area (Å²) in [5.74, 6) is -1.34. The number of fused-ring (bicyclic) bond motifs is 7. The van der Waals surface area contributed by atoms with Gasteiger partial charge in [0.2, 0.25) is 6.29 Å². The number of carbonyl (C=O) groups excluding carboxylic acids is 1. The average molecular weight is 1190 g/mol. The van der Waals surface area contributed by atoms with Crippen LogP contribution in [-0.4, -0.2) is 240 Å². The van der Waals surface area contributed by atoms with Crippen LogP contribution in [0.5, 0.6) is 0 Å². The molecule has 0 bridgehead atoms. The van der Waals surface area contributed by atoms with Crippen LogP contribution in [0, 0.1) is 50.7 Å². The van der Waals surface area contributed by atoms with Gasteiger partial charge in [0.05, 0.1) is 49.7 Å². The van der Waals surface area contributed by atoms with Crippen LogP contribution in [0.3, 0.4) is 0 Å². The van der Waals surface area contributed by atoms with Crippen LogP contribution >= 0.6 is 0 Å². The third-order valence-electron chi connectivity index (χ3n) is 22.8. The highest BCUT2D eigenvalue weighted by molar-refractivity contribution is 5.79. The van der Waals surface area contributed by atoms with Crippen molar-refractivity contribution in [3.05, 3.63) is 23.8 Å². The summed E-state index contributed by atoms with van der Waals surface area (Å²) in [5, 5.41) is 140. The number of aliphatic hydroxyl groups excluding tert-OH is 13. The van der Waals surface area contributed by atoms with Crippen LogP contribution < -0.4 is 0 Å². The zero-order valence-electron chi connectivity index (χ0n) is 48.9. The molecule has 0 aromatic carbocycles. The van der Waals surface area contributed by atoms with Crippen LogP contribution in [0.25, 0.3) is 0 Å². The second-order valence-corrected chi connectivity index (χ2v) is 27.6.